The van der Waals surface area contributed by atoms with Crippen molar-refractivity contribution >= 4 is 20.0 Å². The molecule has 0 aromatic carbocycles. The van der Waals surface area contributed by atoms with Crippen LogP contribution in [0.15, 0.2) is 0 Å². The molecule has 1 N–H and O–H groups in total. The van der Waals surface area contributed by atoms with Crippen LogP contribution in [-0.2, 0) is 20.0 Å². The molecule has 0 aromatic heterocycles. The Morgan fingerprint density at radius 1 is 0.733 bits per heavy atom. The summed E-state index contributed by atoms with van der Waals surface area (Å²) in [4.78, 5) is 0. The van der Waals surface area contributed by atoms with Crippen molar-refractivity contribution in [2.45, 2.75) is 84.4 Å². The van der Waals surface area contributed by atoms with Crippen molar-refractivity contribution in [3.8, 4) is 0 Å². The van der Waals surface area contributed by atoms with Crippen molar-refractivity contribution in [3.63, 3.8) is 0 Å². The molecule has 0 saturated heterocycles. The first-order valence-electron chi connectivity index (χ1n) is 9.45. The molecule has 0 radical (unpaired) electrons. The Balaban J connectivity index is -0.000000471. The Bertz CT molecular complexity index is 597. The van der Waals surface area contributed by atoms with Crippen LogP contribution in [-0.4, -0.2) is 58.8 Å². The molecule has 0 aliphatic heterocycles. The van der Waals surface area contributed by atoms with E-state index in [0.717, 1.165) is 0 Å². The lowest BCUT2D eigenvalue weighted by atomic mass is 10.2. The summed E-state index contributed by atoms with van der Waals surface area (Å²) in [6.07, 6.45) is 8.20. The van der Waals surface area contributed by atoms with Crippen LogP contribution >= 0.6 is 0 Å². The van der Waals surface area contributed by atoms with Crippen molar-refractivity contribution in [2.24, 2.45) is 0 Å². The number of sulfonamides is 2. The molecule has 0 atom stereocenters. The quantitative estimate of drug-likeness (QED) is 0.312. The molecule has 186 valence electrons. The van der Waals surface area contributed by atoms with Gasteiger partial charge in [0.1, 0.15) is 0 Å². The number of unbranched alkanes of at least 4 members (excludes halogenated alkanes) is 3. The van der Waals surface area contributed by atoms with E-state index in [1.807, 2.05) is 0 Å². The predicted molar refractivity (Wildman–Crippen MR) is 110 cm³/mol. The maximum Gasteiger partial charge on any atom is 0.512 e. The first-order chi connectivity index (χ1) is 12.9. The van der Waals surface area contributed by atoms with Crippen molar-refractivity contribution < 1.29 is 43.3 Å². The van der Waals surface area contributed by atoms with Gasteiger partial charge >= 0.3 is 20.8 Å². The van der Waals surface area contributed by atoms with E-state index in [2.05, 4.69) is 27.8 Å². The lowest BCUT2D eigenvalue weighted by Crippen LogP contribution is -2.46. The molecule has 0 amide bonds. The van der Waals surface area contributed by atoms with E-state index >= 15 is 0 Å². The SMILES string of the molecule is C.CC(F)(F)S(=O)(=O)NS(=O)(=O)C(F)(F)F.CCCC[N+](C)(CCCC)CCCC. The van der Waals surface area contributed by atoms with Crippen LogP contribution in [0.3, 0.4) is 0 Å². The third kappa shape index (κ3) is 13.0. The second kappa shape index (κ2) is 13.8. The number of quaternary nitrogens is 1. The van der Waals surface area contributed by atoms with Crippen LogP contribution in [0.25, 0.3) is 0 Å². The summed E-state index contributed by atoms with van der Waals surface area (Å²) in [5, 5.41) is -4.65. The predicted octanol–water partition coefficient (Wildman–Crippen LogP) is 4.84. The minimum Gasteiger partial charge on any atom is -0.326 e. The minimum atomic E-state index is -6.36. The van der Waals surface area contributed by atoms with E-state index in [0.29, 0.717) is 0 Å². The molecule has 0 aromatic rings. The summed E-state index contributed by atoms with van der Waals surface area (Å²) < 4.78 is 101. The maximum atomic E-state index is 12.1. The molecule has 0 fully saturated rings. The number of alkyl halides is 5. The monoisotopic (exact) mass is 493 g/mol. The molecule has 0 aliphatic rings. The van der Waals surface area contributed by atoms with Crippen LogP contribution in [0.1, 0.15) is 73.6 Å². The van der Waals surface area contributed by atoms with Gasteiger partial charge in [0, 0.05) is 6.92 Å². The number of hydrogen-bond donors (Lipinski definition) is 1. The highest BCUT2D eigenvalue weighted by atomic mass is 32.3. The zero-order chi connectivity index (χ0) is 23.6. The summed E-state index contributed by atoms with van der Waals surface area (Å²) in [5.74, 6) is 0. The fourth-order valence-electron chi connectivity index (χ4n) is 2.22. The van der Waals surface area contributed by atoms with Gasteiger partial charge in [0.05, 0.1) is 26.7 Å². The van der Waals surface area contributed by atoms with Gasteiger partial charge < -0.3 is 4.48 Å². The summed E-state index contributed by atoms with van der Waals surface area (Å²) in [6, 6.07) is 0. The van der Waals surface area contributed by atoms with Crippen LogP contribution < -0.4 is 4.13 Å². The highest BCUT2D eigenvalue weighted by Gasteiger charge is 2.52. The standard InChI is InChI=1S/C13H30N.C3H4F5NO4S2.CH4/c1-5-8-11-14(4,12-9-6-2)13-10-7-3;1-2(4,5)14(10,11)9-15(12,13)3(6,7)8;/h5-13H2,1-4H3;9H,1H3;1H4/q+1;;. The second-order valence-corrected chi connectivity index (χ2v) is 11.1. The highest BCUT2D eigenvalue weighted by Crippen LogP contribution is 2.26. The molecule has 6 nitrogen and oxygen atoms in total. The molecule has 0 saturated carbocycles. The summed E-state index contributed by atoms with van der Waals surface area (Å²) in [6.45, 7) is 10.8. The van der Waals surface area contributed by atoms with E-state index in [1.165, 1.54) is 62.6 Å². The van der Waals surface area contributed by atoms with Gasteiger partial charge in [0.2, 0.25) is 0 Å². The van der Waals surface area contributed by atoms with Gasteiger partial charge in [0.15, 0.2) is 0 Å². The summed E-state index contributed by atoms with van der Waals surface area (Å²) >= 11 is 0. The minimum absolute atomic E-state index is 0. The molecule has 0 spiro atoms. The fourth-order valence-corrected chi connectivity index (χ4v) is 4.34. The van der Waals surface area contributed by atoms with Crippen LogP contribution in [0.2, 0.25) is 0 Å². The lowest BCUT2D eigenvalue weighted by Gasteiger charge is -2.34. The Hall–Kier alpha value is -0.530. The largest absolute Gasteiger partial charge is 0.512 e. The Labute approximate surface area is 178 Å². The normalized spacial score (nSPS) is 13.3. The van der Waals surface area contributed by atoms with Gasteiger partial charge in [-0.1, -0.05) is 51.6 Å². The average Bonchev–Trinajstić information content (AvgIpc) is 2.54. The third-order valence-electron chi connectivity index (χ3n) is 4.15. The molecule has 30 heavy (non-hydrogen) atoms. The molecule has 0 aliphatic carbocycles. The molecule has 0 unspecified atom stereocenters. The summed E-state index contributed by atoms with van der Waals surface area (Å²) in [5.41, 5.74) is -5.98. The van der Waals surface area contributed by atoms with Crippen molar-refractivity contribution in [2.75, 3.05) is 26.7 Å². The van der Waals surface area contributed by atoms with Gasteiger partial charge in [-0.2, -0.15) is 22.0 Å². The first kappa shape index (κ1) is 34.1. The molecule has 0 bridgehead atoms. The number of halogens is 5. The topological polar surface area (TPSA) is 80.3 Å². The maximum absolute atomic E-state index is 12.1. The zero-order valence-corrected chi connectivity index (χ0v) is 19.3. The van der Waals surface area contributed by atoms with Crippen molar-refractivity contribution in [1.29, 1.82) is 0 Å². The van der Waals surface area contributed by atoms with Gasteiger partial charge in [0.25, 0.3) is 10.0 Å². The molecule has 13 heteroatoms. The van der Waals surface area contributed by atoms with E-state index in [9.17, 15) is 38.8 Å². The van der Waals surface area contributed by atoms with Crippen molar-refractivity contribution in [1.82, 2.24) is 4.13 Å². The Morgan fingerprint density at radius 2 is 1.03 bits per heavy atom. The number of nitrogens with one attached hydrogen (secondary N) is 1. The Morgan fingerprint density at radius 3 is 1.23 bits per heavy atom. The van der Waals surface area contributed by atoms with Crippen LogP contribution in [0.4, 0.5) is 22.0 Å². The molecule has 0 rings (SSSR count). The van der Waals surface area contributed by atoms with Gasteiger partial charge in [-0.3, -0.25) is 0 Å². The van der Waals surface area contributed by atoms with Crippen LogP contribution in [0.5, 0.6) is 0 Å². The number of hydrogen-bond acceptors (Lipinski definition) is 4. The smallest absolute Gasteiger partial charge is 0.326 e. The molecular weight excluding hydrogens is 455 g/mol. The lowest BCUT2D eigenvalue weighted by molar-refractivity contribution is -0.910. The Kier molecular flexibility index (Phi) is 15.7. The van der Waals surface area contributed by atoms with E-state index in [1.54, 1.807) is 0 Å². The van der Waals surface area contributed by atoms with Gasteiger partial charge in [-0.25, -0.2) is 16.8 Å². The number of nitrogens with zero attached hydrogens (tertiary/aromatic N) is 1. The van der Waals surface area contributed by atoms with Crippen molar-refractivity contribution in [3.05, 3.63) is 0 Å². The first-order valence-corrected chi connectivity index (χ1v) is 12.4. The second-order valence-electron chi connectivity index (χ2n) is 7.19. The van der Waals surface area contributed by atoms with E-state index in [4.69, 9.17) is 0 Å². The van der Waals surface area contributed by atoms with Crippen LogP contribution in [0, 0.1) is 0 Å². The molecule has 0 heterocycles. The fraction of sp³-hybridized carbons (Fsp3) is 1.00. The van der Waals surface area contributed by atoms with Gasteiger partial charge in [-0.15, -0.1) is 0 Å². The average molecular weight is 494 g/mol. The van der Waals surface area contributed by atoms with E-state index < -0.39 is 30.8 Å². The summed E-state index contributed by atoms with van der Waals surface area (Å²) in [7, 11) is -9.84. The van der Waals surface area contributed by atoms with Gasteiger partial charge in [-0.05, 0) is 19.3 Å². The molecular formula is C17H38F5N2O4S2+. The number of rotatable bonds is 12. The third-order valence-corrected chi connectivity index (χ3v) is 7.46. The van der Waals surface area contributed by atoms with E-state index in [-0.39, 0.29) is 18.5 Å². The highest BCUT2D eigenvalue weighted by molar-refractivity contribution is 8.05. The zero-order valence-electron chi connectivity index (χ0n) is 17.7.